The number of benzene rings is 2. The van der Waals surface area contributed by atoms with E-state index < -0.39 is 30.8 Å². The standard InChI is InChI=1S/C17H13Cl2F3N2O.C4H7F3.CH3NO/c1-9-4-11(7-12(18)5-9)16(17(20,21)22)8-15(24-25-16)10-2-3-13(19)14(23)6-10;1-2-3-4(5,6)7;2-1-3/h2-7H,8,23H2,1H3;2-3H2,1H3;1H,(H2,2,3). The second-order valence-electron chi connectivity index (χ2n) is 7.39. The summed E-state index contributed by atoms with van der Waals surface area (Å²) in [6.07, 6.45) is -9.35. The number of carbonyl (C=O) groups is 1. The van der Waals surface area contributed by atoms with Gasteiger partial charge in [-0.1, -0.05) is 47.4 Å². The van der Waals surface area contributed by atoms with Crippen LogP contribution in [-0.2, 0) is 15.2 Å². The van der Waals surface area contributed by atoms with E-state index in [0.29, 0.717) is 16.1 Å². The van der Waals surface area contributed by atoms with Gasteiger partial charge in [-0.15, -0.1) is 0 Å². The number of nitrogens with zero attached hydrogens (tertiary/aromatic N) is 1. The Morgan fingerprint density at radius 1 is 1.11 bits per heavy atom. The zero-order valence-electron chi connectivity index (χ0n) is 18.6. The van der Waals surface area contributed by atoms with Gasteiger partial charge in [-0.3, -0.25) is 4.79 Å². The van der Waals surface area contributed by atoms with Crippen LogP contribution in [0.2, 0.25) is 10.0 Å². The molecule has 2 aromatic carbocycles. The fourth-order valence-corrected chi connectivity index (χ4v) is 3.44. The third kappa shape index (κ3) is 8.50. The average Bonchev–Trinajstić information content (AvgIpc) is 3.16. The Morgan fingerprint density at radius 3 is 2.14 bits per heavy atom. The number of hydrogen-bond acceptors (Lipinski definition) is 4. The molecule has 35 heavy (non-hydrogen) atoms. The highest BCUT2D eigenvalue weighted by molar-refractivity contribution is 6.33. The molecule has 1 amide bonds. The third-order valence-electron chi connectivity index (χ3n) is 4.56. The van der Waals surface area contributed by atoms with Gasteiger partial charge in [-0.05, 0) is 43.2 Å². The Bertz CT molecular complexity index is 1020. The molecule has 0 spiro atoms. The van der Waals surface area contributed by atoms with Gasteiger partial charge in [-0.2, -0.15) is 26.3 Å². The summed E-state index contributed by atoms with van der Waals surface area (Å²) in [5.74, 6) is 0. The maximum absolute atomic E-state index is 13.9. The van der Waals surface area contributed by atoms with Crippen LogP contribution in [0.4, 0.5) is 32.0 Å². The smallest absolute Gasteiger partial charge is 0.398 e. The van der Waals surface area contributed by atoms with E-state index in [1.54, 1.807) is 19.1 Å². The largest absolute Gasteiger partial charge is 0.435 e. The minimum Gasteiger partial charge on any atom is -0.398 e. The number of nitrogens with two attached hydrogens (primary N) is 2. The molecule has 13 heteroatoms. The van der Waals surface area contributed by atoms with Gasteiger partial charge in [0.2, 0.25) is 6.41 Å². The molecule has 0 saturated carbocycles. The second kappa shape index (κ2) is 12.3. The van der Waals surface area contributed by atoms with Crippen molar-refractivity contribution in [3.63, 3.8) is 0 Å². The fraction of sp³-hybridized carbons (Fsp3) is 0.364. The van der Waals surface area contributed by atoms with E-state index in [9.17, 15) is 26.3 Å². The molecule has 1 heterocycles. The van der Waals surface area contributed by atoms with Crippen molar-refractivity contribution >= 4 is 41.0 Å². The summed E-state index contributed by atoms with van der Waals surface area (Å²) in [5, 5.41) is 4.20. The van der Waals surface area contributed by atoms with Gasteiger partial charge in [0.15, 0.2) is 0 Å². The molecule has 1 atom stereocenters. The Kier molecular flexibility index (Phi) is 10.7. The summed E-state index contributed by atoms with van der Waals surface area (Å²) < 4.78 is 74.9. The summed E-state index contributed by atoms with van der Waals surface area (Å²) in [4.78, 5) is 13.6. The SMILES string of the molecule is CCCC(F)(F)F.Cc1cc(Cl)cc(C2(C(F)(F)F)CC(c3ccc(Cl)c(N)c3)=NO2)c1.NC=O. The van der Waals surface area contributed by atoms with E-state index in [4.69, 9.17) is 38.6 Å². The van der Waals surface area contributed by atoms with E-state index in [0.717, 1.165) is 0 Å². The average molecular weight is 546 g/mol. The number of anilines is 1. The number of alkyl halides is 6. The molecule has 0 fully saturated rings. The van der Waals surface area contributed by atoms with Crippen LogP contribution < -0.4 is 11.5 Å². The zero-order valence-corrected chi connectivity index (χ0v) is 20.1. The number of primary amides is 1. The Labute approximate surface area is 208 Å². The van der Waals surface area contributed by atoms with Gasteiger partial charge in [0.1, 0.15) is 0 Å². The van der Waals surface area contributed by atoms with Crippen LogP contribution in [0, 0.1) is 6.92 Å². The molecule has 194 valence electrons. The van der Waals surface area contributed by atoms with Crippen molar-refractivity contribution in [3.05, 3.63) is 63.1 Å². The van der Waals surface area contributed by atoms with Gasteiger partial charge in [-0.25, -0.2) is 0 Å². The van der Waals surface area contributed by atoms with Crippen LogP contribution >= 0.6 is 23.2 Å². The van der Waals surface area contributed by atoms with Gasteiger partial charge in [0, 0.05) is 29.0 Å². The normalized spacial score (nSPS) is 17.3. The maximum atomic E-state index is 13.9. The molecule has 1 aliphatic rings. The van der Waals surface area contributed by atoms with Crippen molar-refractivity contribution in [2.45, 2.75) is 51.1 Å². The molecule has 0 bridgehead atoms. The number of halogens is 8. The topological polar surface area (TPSA) is 90.7 Å². The molecule has 2 aromatic rings. The van der Waals surface area contributed by atoms with Crippen LogP contribution in [-0.4, -0.2) is 24.5 Å². The summed E-state index contributed by atoms with van der Waals surface area (Å²) in [7, 11) is 0. The van der Waals surface area contributed by atoms with E-state index in [1.165, 1.54) is 31.2 Å². The lowest BCUT2D eigenvalue weighted by Crippen LogP contribution is -2.42. The maximum Gasteiger partial charge on any atom is 0.435 e. The van der Waals surface area contributed by atoms with Crippen LogP contribution in [0.1, 0.15) is 42.9 Å². The van der Waals surface area contributed by atoms with Gasteiger partial charge >= 0.3 is 12.4 Å². The molecule has 1 aliphatic heterocycles. The first-order valence-electron chi connectivity index (χ1n) is 9.97. The van der Waals surface area contributed by atoms with Crippen molar-refractivity contribution in [1.29, 1.82) is 0 Å². The molecular formula is C22H23Cl2F6N3O2. The zero-order chi connectivity index (χ0) is 27.0. The first kappa shape index (κ1) is 30.4. The van der Waals surface area contributed by atoms with E-state index in [2.05, 4.69) is 10.9 Å². The number of oxime groups is 1. The summed E-state index contributed by atoms with van der Waals surface area (Å²) >= 11 is 11.8. The number of aryl methyl sites for hydroxylation is 1. The third-order valence-corrected chi connectivity index (χ3v) is 5.12. The van der Waals surface area contributed by atoms with Crippen LogP contribution in [0.3, 0.4) is 0 Å². The number of amides is 1. The monoisotopic (exact) mass is 545 g/mol. The molecule has 0 saturated heterocycles. The Balaban J connectivity index is 0.000000521. The van der Waals surface area contributed by atoms with Crippen molar-refractivity contribution in [2.24, 2.45) is 10.9 Å². The number of rotatable bonds is 3. The lowest BCUT2D eigenvalue weighted by atomic mass is 9.86. The summed E-state index contributed by atoms with van der Waals surface area (Å²) in [5.41, 5.74) is 8.62. The minimum absolute atomic E-state index is 0.0920. The fourth-order valence-electron chi connectivity index (χ4n) is 3.03. The van der Waals surface area contributed by atoms with Crippen LogP contribution in [0.5, 0.6) is 0 Å². The Hall–Kier alpha value is -2.66. The first-order valence-corrected chi connectivity index (χ1v) is 10.7. The van der Waals surface area contributed by atoms with E-state index in [-0.39, 0.29) is 34.8 Å². The molecule has 0 radical (unpaired) electrons. The van der Waals surface area contributed by atoms with Crippen molar-refractivity contribution < 1.29 is 36.0 Å². The highest BCUT2D eigenvalue weighted by Crippen LogP contribution is 2.49. The van der Waals surface area contributed by atoms with Crippen molar-refractivity contribution in [3.8, 4) is 0 Å². The molecule has 0 aromatic heterocycles. The minimum atomic E-state index is -4.69. The van der Waals surface area contributed by atoms with Crippen LogP contribution in [0.25, 0.3) is 0 Å². The van der Waals surface area contributed by atoms with Crippen LogP contribution in [0.15, 0.2) is 41.6 Å². The summed E-state index contributed by atoms with van der Waals surface area (Å²) in [6, 6.07) is 8.75. The van der Waals surface area contributed by atoms with Crippen molar-refractivity contribution in [1.82, 2.24) is 0 Å². The second-order valence-corrected chi connectivity index (χ2v) is 8.23. The Morgan fingerprint density at radius 2 is 1.71 bits per heavy atom. The summed E-state index contributed by atoms with van der Waals surface area (Å²) in [6.45, 7) is 3.17. The van der Waals surface area contributed by atoms with Gasteiger partial charge < -0.3 is 16.3 Å². The molecule has 5 nitrogen and oxygen atoms in total. The highest BCUT2D eigenvalue weighted by atomic mass is 35.5. The molecule has 1 unspecified atom stereocenters. The van der Waals surface area contributed by atoms with Gasteiger partial charge in [0.25, 0.3) is 5.60 Å². The molecule has 0 aliphatic carbocycles. The number of hydrogen-bond donors (Lipinski definition) is 2. The first-order chi connectivity index (χ1) is 16.1. The predicted molar refractivity (Wildman–Crippen MR) is 123 cm³/mol. The van der Waals surface area contributed by atoms with E-state index >= 15 is 0 Å². The molecular weight excluding hydrogens is 523 g/mol. The number of nitrogen functional groups attached to an aromatic ring is 1. The van der Waals surface area contributed by atoms with Crippen molar-refractivity contribution in [2.75, 3.05) is 5.73 Å². The predicted octanol–water partition coefficient (Wildman–Crippen LogP) is 6.92. The van der Waals surface area contributed by atoms with E-state index in [1.807, 2.05) is 0 Å². The highest BCUT2D eigenvalue weighted by Gasteiger charge is 2.62. The molecule has 4 N–H and O–H groups in total. The number of carbonyl (C=O) groups excluding carboxylic acids is 1. The molecule has 3 rings (SSSR count). The van der Waals surface area contributed by atoms with Gasteiger partial charge in [0.05, 0.1) is 16.4 Å². The quantitative estimate of drug-likeness (QED) is 0.249. The lowest BCUT2D eigenvalue weighted by molar-refractivity contribution is -0.275. The lowest BCUT2D eigenvalue weighted by Gasteiger charge is -2.29.